The van der Waals surface area contributed by atoms with Crippen molar-refractivity contribution >= 4 is 17.5 Å². The quantitative estimate of drug-likeness (QED) is 0.776. The molecule has 2 aromatic heterocycles. The maximum atomic E-state index is 13.4. The lowest BCUT2D eigenvalue weighted by molar-refractivity contribution is -0.139. The molecule has 1 amide bonds. The van der Waals surface area contributed by atoms with Crippen LogP contribution in [0, 0.1) is 13.8 Å². The zero-order valence-corrected chi connectivity index (χ0v) is 17.4. The molecule has 9 heteroatoms. The zero-order valence-electron chi connectivity index (χ0n) is 16.6. The Bertz CT molecular complexity index is 858. The molecule has 2 aromatic rings. The highest BCUT2D eigenvalue weighted by atomic mass is 35.5. The monoisotopic (exact) mass is 395 g/mol. The minimum Gasteiger partial charge on any atom is -0.348 e. The van der Waals surface area contributed by atoms with Crippen molar-refractivity contribution in [3.05, 3.63) is 33.9 Å². The van der Waals surface area contributed by atoms with Crippen LogP contribution >= 0.6 is 11.6 Å². The van der Waals surface area contributed by atoms with Crippen LogP contribution in [-0.2, 0) is 30.1 Å². The van der Waals surface area contributed by atoms with Crippen molar-refractivity contribution < 1.29 is 14.3 Å². The fraction of sp³-hybridized carbons (Fsp3) is 0.611. The summed E-state index contributed by atoms with van der Waals surface area (Å²) in [5, 5.41) is 9.27. The summed E-state index contributed by atoms with van der Waals surface area (Å²) in [5.41, 5.74) is 2.76. The summed E-state index contributed by atoms with van der Waals surface area (Å²) in [7, 11) is 3.63. The minimum atomic E-state index is -0.651. The van der Waals surface area contributed by atoms with Crippen LogP contribution in [0.3, 0.4) is 0 Å². The van der Waals surface area contributed by atoms with Gasteiger partial charge in [-0.2, -0.15) is 10.2 Å². The Morgan fingerprint density at radius 1 is 1.37 bits per heavy atom. The van der Waals surface area contributed by atoms with Gasteiger partial charge in [0.1, 0.15) is 11.8 Å². The molecule has 0 saturated carbocycles. The average Bonchev–Trinajstić information content (AvgIpc) is 3.15. The predicted octanol–water partition coefficient (Wildman–Crippen LogP) is 2.22. The maximum Gasteiger partial charge on any atom is 0.258 e. The molecule has 1 aliphatic heterocycles. The fourth-order valence-electron chi connectivity index (χ4n) is 3.35. The van der Waals surface area contributed by atoms with E-state index < -0.39 is 5.79 Å². The average molecular weight is 396 g/mol. The van der Waals surface area contributed by atoms with Gasteiger partial charge in [-0.3, -0.25) is 14.2 Å². The van der Waals surface area contributed by atoms with E-state index in [9.17, 15) is 4.79 Å². The summed E-state index contributed by atoms with van der Waals surface area (Å²) < 4.78 is 14.9. The third kappa shape index (κ3) is 4.17. The smallest absolute Gasteiger partial charge is 0.258 e. The summed E-state index contributed by atoms with van der Waals surface area (Å²) in [6.45, 7) is 8.55. The molecule has 1 atom stereocenters. The molecule has 3 heterocycles. The number of hydrogen-bond acceptors (Lipinski definition) is 5. The zero-order chi connectivity index (χ0) is 19.9. The second-order valence-corrected chi connectivity index (χ2v) is 7.81. The normalized spacial score (nSPS) is 18.9. The van der Waals surface area contributed by atoms with Gasteiger partial charge in [0.05, 0.1) is 36.0 Å². The number of ether oxygens (including phenoxy) is 2. The number of nitrogens with zero attached hydrogens (tertiary/aromatic N) is 5. The van der Waals surface area contributed by atoms with Crippen LogP contribution in [0.2, 0.25) is 5.02 Å². The first kappa shape index (κ1) is 19.9. The van der Waals surface area contributed by atoms with Crippen LogP contribution in [0.5, 0.6) is 0 Å². The van der Waals surface area contributed by atoms with Crippen LogP contribution < -0.4 is 0 Å². The molecule has 0 N–H and O–H groups in total. The largest absolute Gasteiger partial charge is 0.348 e. The number of aryl methyl sites for hydroxylation is 3. The molecule has 0 aromatic carbocycles. The molecular formula is C18H26ClN5O3. The SMILES string of the molecule is Cc1nn(C)c(C)c1C(=O)N(Cc1nn(C)cc1Cl)C[C@H]1COC(C)(C)O1. The van der Waals surface area contributed by atoms with Gasteiger partial charge in [-0.15, -0.1) is 0 Å². The molecule has 3 rings (SSSR count). The lowest BCUT2D eigenvalue weighted by Crippen LogP contribution is -2.39. The van der Waals surface area contributed by atoms with Crippen LogP contribution in [0.1, 0.15) is 41.3 Å². The van der Waals surface area contributed by atoms with Crippen molar-refractivity contribution in [2.45, 2.75) is 46.1 Å². The van der Waals surface area contributed by atoms with E-state index in [2.05, 4.69) is 10.2 Å². The fourth-order valence-corrected chi connectivity index (χ4v) is 3.59. The van der Waals surface area contributed by atoms with Gasteiger partial charge in [0.2, 0.25) is 0 Å². The molecule has 1 saturated heterocycles. The van der Waals surface area contributed by atoms with Gasteiger partial charge < -0.3 is 14.4 Å². The minimum absolute atomic E-state index is 0.117. The van der Waals surface area contributed by atoms with Crippen molar-refractivity contribution in [1.29, 1.82) is 0 Å². The van der Waals surface area contributed by atoms with E-state index in [4.69, 9.17) is 21.1 Å². The second-order valence-electron chi connectivity index (χ2n) is 7.40. The molecule has 148 valence electrons. The third-order valence-electron chi connectivity index (χ3n) is 4.70. The number of carbonyl (C=O) groups excluding carboxylic acids is 1. The summed E-state index contributed by atoms with van der Waals surface area (Å²) in [6, 6.07) is 0. The maximum absolute atomic E-state index is 13.4. The first-order valence-electron chi connectivity index (χ1n) is 8.86. The Labute approximate surface area is 164 Å². The van der Waals surface area contributed by atoms with E-state index in [1.54, 1.807) is 27.5 Å². The number of halogens is 1. The highest BCUT2D eigenvalue weighted by Crippen LogP contribution is 2.25. The van der Waals surface area contributed by atoms with E-state index in [0.717, 1.165) is 5.69 Å². The lowest BCUT2D eigenvalue weighted by Gasteiger charge is -2.25. The number of hydrogen-bond donors (Lipinski definition) is 0. The van der Waals surface area contributed by atoms with Gasteiger partial charge in [-0.1, -0.05) is 11.6 Å². The molecule has 0 aliphatic carbocycles. The Morgan fingerprint density at radius 2 is 2.07 bits per heavy atom. The third-order valence-corrected chi connectivity index (χ3v) is 5.01. The first-order chi connectivity index (χ1) is 12.6. The summed E-state index contributed by atoms with van der Waals surface area (Å²) >= 11 is 6.27. The van der Waals surface area contributed by atoms with Crippen molar-refractivity contribution in [2.24, 2.45) is 14.1 Å². The Kier molecular flexibility index (Phi) is 5.33. The van der Waals surface area contributed by atoms with Crippen molar-refractivity contribution in [2.75, 3.05) is 13.2 Å². The molecule has 1 aliphatic rings. The standard InChI is InChI=1S/C18H26ClN5O3/c1-11-16(12(2)23(6)20-11)17(25)24(7-13-10-26-18(3,4)27-13)9-15-14(19)8-22(5)21-15/h8,13H,7,9-10H2,1-6H3/t13-/m0/s1. The number of rotatable bonds is 5. The van der Waals surface area contributed by atoms with Crippen LogP contribution in [0.4, 0.5) is 0 Å². The number of carbonyl (C=O) groups is 1. The number of aromatic nitrogens is 4. The molecule has 0 radical (unpaired) electrons. The van der Waals surface area contributed by atoms with Gasteiger partial charge >= 0.3 is 0 Å². The molecular weight excluding hydrogens is 370 g/mol. The Morgan fingerprint density at radius 3 is 2.56 bits per heavy atom. The molecule has 1 fully saturated rings. The Hall–Kier alpha value is -1.90. The van der Waals surface area contributed by atoms with Gasteiger partial charge in [0.15, 0.2) is 5.79 Å². The topological polar surface area (TPSA) is 74.4 Å². The van der Waals surface area contributed by atoms with Crippen molar-refractivity contribution in [3.63, 3.8) is 0 Å². The van der Waals surface area contributed by atoms with Gasteiger partial charge in [0, 0.05) is 26.0 Å². The molecule has 8 nitrogen and oxygen atoms in total. The van der Waals surface area contributed by atoms with Crippen LogP contribution in [-0.4, -0.2) is 55.4 Å². The highest BCUT2D eigenvalue weighted by Gasteiger charge is 2.35. The predicted molar refractivity (Wildman–Crippen MR) is 101 cm³/mol. The van der Waals surface area contributed by atoms with E-state index in [-0.39, 0.29) is 18.6 Å². The lowest BCUT2D eigenvalue weighted by atomic mass is 10.1. The summed E-state index contributed by atoms with van der Waals surface area (Å²) in [4.78, 5) is 15.1. The molecule has 0 spiro atoms. The second kappa shape index (κ2) is 7.26. The van der Waals surface area contributed by atoms with Crippen molar-refractivity contribution in [3.8, 4) is 0 Å². The molecule has 0 unspecified atom stereocenters. The van der Waals surface area contributed by atoms with Gasteiger partial charge in [-0.25, -0.2) is 0 Å². The van der Waals surface area contributed by atoms with Crippen LogP contribution in [0.25, 0.3) is 0 Å². The van der Waals surface area contributed by atoms with Crippen molar-refractivity contribution in [1.82, 2.24) is 24.5 Å². The van der Waals surface area contributed by atoms with Crippen LogP contribution in [0.15, 0.2) is 6.20 Å². The summed E-state index contributed by atoms with van der Waals surface area (Å²) in [6.07, 6.45) is 1.50. The van der Waals surface area contributed by atoms with E-state index in [0.29, 0.717) is 35.1 Å². The van der Waals surface area contributed by atoms with E-state index >= 15 is 0 Å². The number of amides is 1. The van der Waals surface area contributed by atoms with E-state index in [1.165, 1.54) is 0 Å². The molecule has 0 bridgehead atoms. The highest BCUT2D eigenvalue weighted by molar-refractivity contribution is 6.31. The molecule has 27 heavy (non-hydrogen) atoms. The van der Waals surface area contributed by atoms with Gasteiger partial charge in [-0.05, 0) is 27.7 Å². The summed E-state index contributed by atoms with van der Waals surface area (Å²) in [5.74, 6) is -0.768. The van der Waals surface area contributed by atoms with Gasteiger partial charge in [0.25, 0.3) is 5.91 Å². The Balaban J connectivity index is 1.89. The first-order valence-corrected chi connectivity index (χ1v) is 9.24. The van der Waals surface area contributed by atoms with E-state index in [1.807, 2.05) is 34.7 Å².